The first kappa shape index (κ1) is 12.5. The monoisotopic (exact) mass is 234 g/mol. The summed E-state index contributed by atoms with van der Waals surface area (Å²) in [5.74, 6) is 0.866. The van der Waals surface area contributed by atoms with Crippen LogP contribution in [0.3, 0.4) is 0 Å². The van der Waals surface area contributed by atoms with Crippen LogP contribution in [0.4, 0.5) is 0 Å². The summed E-state index contributed by atoms with van der Waals surface area (Å²) in [6.07, 6.45) is 5.44. The van der Waals surface area contributed by atoms with Gasteiger partial charge in [0.05, 0.1) is 0 Å². The van der Waals surface area contributed by atoms with Gasteiger partial charge in [-0.3, -0.25) is 0 Å². The minimum Gasteiger partial charge on any atom is -0.0928 e. The molecule has 0 aliphatic heterocycles. The van der Waals surface area contributed by atoms with E-state index in [1.165, 1.54) is 25.7 Å². The molecule has 0 saturated carbocycles. The molecular formula is C11H23Br. The molecule has 0 aromatic rings. The van der Waals surface area contributed by atoms with Crippen molar-refractivity contribution in [3.05, 3.63) is 0 Å². The van der Waals surface area contributed by atoms with Crippen molar-refractivity contribution in [3.63, 3.8) is 0 Å². The highest BCUT2D eigenvalue weighted by Crippen LogP contribution is 2.28. The Hall–Kier alpha value is 0.480. The Morgan fingerprint density at radius 2 is 1.75 bits per heavy atom. The Bertz CT molecular complexity index is 106. The van der Waals surface area contributed by atoms with Crippen LogP contribution in [-0.4, -0.2) is 5.33 Å². The van der Waals surface area contributed by atoms with E-state index in [4.69, 9.17) is 0 Å². The molecule has 0 fully saturated rings. The van der Waals surface area contributed by atoms with Crippen molar-refractivity contribution in [2.45, 2.75) is 53.4 Å². The van der Waals surface area contributed by atoms with Crippen LogP contribution < -0.4 is 0 Å². The van der Waals surface area contributed by atoms with Gasteiger partial charge in [0.2, 0.25) is 0 Å². The van der Waals surface area contributed by atoms with E-state index in [1.54, 1.807) is 0 Å². The predicted octanol–water partition coefficient (Wildman–Crippen LogP) is 4.62. The van der Waals surface area contributed by atoms with E-state index in [1.807, 2.05) is 0 Å². The van der Waals surface area contributed by atoms with Gasteiger partial charge in [0.1, 0.15) is 0 Å². The van der Waals surface area contributed by atoms with Crippen molar-refractivity contribution < 1.29 is 0 Å². The third kappa shape index (κ3) is 7.15. The van der Waals surface area contributed by atoms with Gasteiger partial charge in [-0.2, -0.15) is 0 Å². The van der Waals surface area contributed by atoms with Crippen molar-refractivity contribution in [3.8, 4) is 0 Å². The molecule has 0 spiro atoms. The number of alkyl halides is 1. The lowest BCUT2D eigenvalue weighted by atomic mass is 9.84. The Morgan fingerprint density at radius 1 is 1.17 bits per heavy atom. The van der Waals surface area contributed by atoms with Gasteiger partial charge < -0.3 is 0 Å². The molecule has 1 heteroatoms. The lowest BCUT2D eigenvalue weighted by Gasteiger charge is -2.23. The highest BCUT2D eigenvalue weighted by atomic mass is 79.9. The molecule has 0 rings (SSSR count). The van der Waals surface area contributed by atoms with Crippen molar-refractivity contribution in [1.29, 1.82) is 0 Å². The average Bonchev–Trinajstić information content (AvgIpc) is 1.85. The zero-order valence-electron chi connectivity index (χ0n) is 8.99. The van der Waals surface area contributed by atoms with Crippen LogP contribution in [0, 0.1) is 11.3 Å². The van der Waals surface area contributed by atoms with Crippen LogP contribution in [0.1, 0.15) is 53.4 Å². The standard InChI is InChI=1S/C11H23Br/c1-10(2)6-5-7-11(3,4)8-9-12/h10H,5-9H2,1-4H3. The Morgan fingerprint density at radius 3 is 2.17 bits per heavy atom. The molecule has 12 heavy (non-hydrogen) atoms. The number of hydrogen-bond acceptors (Lipinski definition) is 0. The molecule has 0 atom stereocenters. The molecule has 0 aromatic heterocycles. The minimum atomic E-state index is 0.540. The quantitative estimate of drug-likeness (QED) is 0.589. The van der Waals surface area contributed by atoms with Gasteiger partial charge in [-0.25, -0.2) is 0 Å². The first-order valence-corrected chi connectivity index (χ1v) is 6.16. The van der Waals surface area contributed by atoms with Crippen molar-refractivity contribution >= 4 is 15.9 Å². The Balaban J connectivity index is 3.46. The molecule has 0 heterocycles. The zero-order chi connectivity index (χ0) is 9.61. The Labute approximate surface area is 86.3 Å². The fourth-order valence-corrected chi connectivity index (χ4v) is 2.44. The molecule has 0 N–H and O–H groups in total. The smallest absolute Gasteiger partial charge is 0.00363 e. The maximum absolute atomic E-state index is 3.51. The van der Waals surface area contributed by atoms with Crippen LogP contribution in [0.2, 0.25) is 0 Å². The summed E-state index contributed by atoms with van der Waals surface area (Å²) in [6.45, 7) is 9.35. The number of rotatable bonds is 6. The summed E-state index contributed by atoms with van der Waals surface area (Å²) in [5.41, 5.74) is 0.540. The molecular weight excluding hydrogens is 212 g/mol. The second kappa shape index (κ2) is 6.01. The van der Waals surface area contributed by atoms with Gasteiger partial charge in [-0.05, 0) is 24.2 Å². The van der Waals surface area contributed by atoms with Crippen molar-refractivity contribution in [2.24, 2.45) is 11.3 Å². The molecule has 0 nitrogen and oxygen atoms in total. The molecule has 0 amide bonds. The summed E-state index contributed by atoms with van der Waals surface area (Å²) in [4.78, 5) is 0. The fourth-order valence-electron chi connectivity index (χ4n) is 1.37. The molecule has 0 aromatic carbocycles. The highest BCUT2D eigenvalue weighted by molar-refractivity contribution is 9.09. The average molecular weight is 235 g/mol. The Kier molecular flexibility index (Phi) is 6.25. The van der Waals surface area contributed by atoms with Crippen LogP contribution in [-0.2, 0) is 0 Å². The second-order valence-corrected chi connectivity index (χ2v) is 5.68. The second-order valence-electron chi connectivity index (χ2n) is 4.89. The number of hydrogen-bond donors (Lipinski definition) is 0. The van der Waals surface area contributed by atoms with Crippen molar-refractivity contribution in [1.82, 2.24) is 0 Å². The van der Waals surface area contributed by atoms with Crippen LogP contribution in [0.15, 0.2) is 0 Å². The van der Waals surface area contributed by atoms with Gasteiger partial charge in [0.25, 0.3) is 0 Å². The van der Waals surface area contributed by atoms with Gasteiger partial charge in [-0.15, -0.1) is 0 Å². The summed E-state index contributed by atoms with van der Waals surface area (Å²) in [5, 5.41) is 1.14. The molecule has 0 unspecified atom stereocenters. The molecule has 0 aliphatic carbocycles. The maximum Gasteiger partial charge on any atom is 0.00363 e. The van der Waals surface area contributed by atoms with E-state index in [2.05, 4.69) is 43.6 Å². The lowest BCUT2D eigenvalue weighted by molar-refractivity contribution is 0.304. The van der Waals surface area contributed by atoms with E-state index in [0.29, 0.717) is 5.41 Å². The van der Waals surface area contributed by atoms with E-state index < -0.39 is 0 Å². The van der Waals surface area contributed by atoms with Gasteiger partial charge >= 0.3 is 0 Å². The molecule has 0 saturated heterocycles. The predicted molar refractivity (Wildman–Crippen MR) is 60.9 cm³/mol. The summed E-state index contributed by atoms with van der Waals surface area (Å²) in [7, 11) is 0. The molecule has 74 valence electrons. The van der Waals surface area contributed by atoms with E-state index in [-0.39, 0.29) is 0 Å². The van der Waals surface area contributed by atoms with Gasteiger partial charge in [0.15, 0.2) is 0 Å². The fraction of sp³-hybridized carbons (Fsp3) is 1.00. The summed E-state index contributed by atoms with van der Waals surface area (Å²) >= 11 is 3.51. The largest absolute Gasteiger partial charge is 0.0928 e. The first-order valence-electron chi connectivity index (χ1n) is 5.04. The maximum atomic E-state index is 3.51. The van der Waals surface area contributed by atoms with E-state index in [0.717, 1.165) is 11.2 Å². The van der Waals surface area contributed by atoms with E-state index in [9.17, 15) is 0 Å². The van der Waals surface area contributed by atoms with Gasteiger partial charge in [0, 0.05) is 5.33 Å². The molecule has 0 radical (unpaired) electrons. The molecule has 0 aliphatic rings. The number of halogens is 1. The van der Waals surface area contributed by atoms with Crippen molar-refractivity contribution in [2.75, 3.05) is 5.33 Å². The van der Waals surface area contributed by atoms with E-state index >= 15 is 0 Å². The zero-order valence-corrected chi connectivity index (χ0v) is 10.6. The third-order valence-corrected chi connectivity index (χ3v) is 2.80. The topological polar surface area (TPSA) is 0 Å². The first-order chi connectivity index (χ1) is 5.48. The van der Waals surface area contributed by atoms with Crippen LogP contribution in [0.5, 0.6) is 0 Å². The van der Waals surface area contributed by atoms with Gasteiger partial charge in [-0.1, -0.05) is 56.5 Å². The van der Waals surface area contributed by atoms with Crippen LogP contribution in [0.25, 0.3) is 0 Å². The molecule has 0 bridgehead atoms. The SMILES string of the molecule is CC(C)CCCC(C)(C)CCBr. The van der Waals surface area contributed by atoms with Crippen LogP contribution >= 0.6 is 15.9 Å². The third-order valence-electron chi connectivity index (χ3n) is 2.41. The minimum absolute atomic E-state index is 0.540. The highest BCUT2D eigenvalue weighted by Gasteiger charge is 2.15. The summed E-state index contributed by atoms with van der Waals surface area (Å²) in [6, 6.07) is 0. The lowest BCUT2D eigenvalue weighted by Crippen LogP contribution is -2.11. The summed E-state index contributed by atoms with van der Waals surface area (Å²) < 4.78 is 0. The normalized spacial score (nSPS) is 12.5.